The Kier molecular flexibility index (Phi) is 6.42. The number of rotatable bonds is 5. The Hall–Kier alpha value is -5.34. The average Bonchev–Trinajstić information content (AvgIpc) is 3.05. The highest BCUT2D eigenvalue weighted by Gasteiger charge is 2.12. The Balaban J connectivity index is 1.30. The first-order valence-corrected chi connectivity index (χ1v) is 13.9. The molecule has 1 heterocycles. The molecule has 2 nitrogen and oxygen atoms in total. The summed E-state index contributed by atoms with van der Waals surface area (Å²) >= 11 is 0. The van der Waals surface area contributed by atoms with Crippen LogP contribution < -0.4 is 0 Å². The van der Waals surface area contributed by atoms with Crippen molar-refractivity contribution < 1.29 is 0 Å². The van der Waals surface area contributed by atoms with Gasteiger partial charge in [-0.2, -0.15) is 0 Å². The Labute approximate surface area is 240 Å². The maximum Gasteiger partial charge on any atom is 0.126 e. The SMILES string of the molecule is Cc1nc(-c2ccc(-c3cccc4ccccc34)cc2)cc(-c2cc(-c3ccccc3)cc(-c3ccccc3)c2)n1. The van der Waals surface area contributed by atoms with Crippen LogP contribution >= 0.6 is 0 Å². The number of aromatic nitrogens is 2. The van der Waals surface area contributed by atoms with Gasteiger partial charge in [0, 0.05) is 11.1 Å². The predicted octanol–water partition coefficient (Wildman–Crippen LogP) is 10.3. The van der Waals surface area contributed by atoms with Crippen LogP contribution in [-0.2, 0) is 0 Å². The fraction of sp³-hybridized carbons (Fsp3) is 0.0256. The zero-order valence-electron chi connectivity index (χ0n) is 22.8. The van der Waals surface area contributed by atoms with Gasteiger partial charge in [-0.15, -0.1) is 0 Å². The molecule has 0 aliphatic carbocycles. The van der Waals surface area contributed by atoms with Gasteiger partial charge in [0.05, 0.1) is 11.4 Å². The van der Waals surface area contributed by atoms with Crippen molar-refractivity contribution in [3.05, 3.63) is 157 Å². The molecule has 0 atom stereocenters. The number of nitrogens with zero attached hydrogens (tertiary/aromatic N) is 2. The van der Waals surface area contributed by atoms with E-state index in [1.165, 1.54) is 44.2 Å². The largest absolute Gasteiger partial charge is 0.233 e. The Morgan fingerprint density at radius 1 is 0.366 bits per heavy atom. The zero-order valence-corrected chi connectivity index (χ0v) is 22.8. The first-order chi connectivity index (χ1) is 20.2. The summed E-state index contributed by atoms with van der Waals surface area (Å²) in [5.74, 6) is 0.752. The topological polar surface area (TPSA) is 25.8 Å². The molecule has 0 N–H and O–H groups in total. The molecular formula is C39H28N2. The summed E-state index contributed by atoms with van der Waals surface area (Å²) in [5.41, 5.74) is 11.1. The molecule has 6 aromatic carbocycles. The van der Waals surface area contributed by atoms with Gasteiger partial charge < -0.3 is 0 Å². The summed E-state index contributed by atoms with van der Waals surface area (Å²) in [5, 5.41) is 2.51. The lowest BCUT2D eigenvalue weighted by atomic mass is 9.94. The minimum Gasteiger partial charge on any atom is -0.233 e. The van der Waals surface area contributed by atoms with Gasteiger partial charge in [0.15, 0.2) is 0 Å². The van der Waals surface area contributed by atoms with E-state index in [1.54, 1.807) is 0 Å². The van der Waals surface area contributed by atoms with Gasteiger partial charge in [-0.3, -0.25) is 0 Å². The van der Waals surface area contributed by atoms with Crippen molar-refractivity contribution in [1.29, 1.82) is 0 Å². The number of aryl methyl sites for hydroxylation is 1. The molecule has 0 radical (unpaired) electrons. The monoisotopic (exact) mass is 524 g/mol. The highest BCUT2D eigenvalue weighted by molar-refractivity contribution is 5.96. The van der Waals surface area contributed by atoms with Crippen LogP contribution in [0.5, 0.6) is 0 Å². The normalized spacial score (nSPS) is 11.0. The van der Waals surface area contributed by atoms with E-state index in [4.69, 9.17) is 9.97 Å². The summed E-state index contributed by atoms with van der Waals surface area (Å²) in [4.78, 5) is 9.72. The lowest BCUT2D eigenvalue weighted by Gasteiger charge is -2.12. The summed E-state index contributed by atoms with van der Waals surface area (Å²) in [6.45, 7) is 1.97. The third-order valence-corrected chi connectivity index (χ3v) is 7.56. The van der Waals surface area contributed by atoms with E-state index in [2.05, 4.69) is 152 Å². The van der Waals surface area contributed by atoms with Crippen molar-refractivity contribution in [2.75, 3.05) is 0 Å². The lowest BCUT2D eigenvalue weighted by Crippen LogP contribution is -1.95. The molecule has 194 valence electrons. The first-order valence-electron chi connectivity index (χ1n) is 13.9. The van der Waals surface area contributed by atoms with Crippen molar-refractivity contribution in [2.45, 2.75) is 6.92 Å². The van der Waals surface area contributed by atoms with Crippen molar-refractivity contribution >= 4 is 10.8 Å². The fourth-order valence-electron chi connectivity index (χ4n) is 5.53. The average molecular weight is 525 g/mol. The smallest absolute Gasteiger partial charge is 0.126 e. The molecule has 1 aromatic heterocycles. The number of hydrogen-bond donors (Lipinski definition) is 0. The van der Waals surface area contributed by atoms with Crippen LogP contribution in [0, 0.1) is 6.92 Å². The molecule has 7 rings (SSSR count). The molecule has 0 fully saturated rings. The molecule has 2 heteroatoms. The highest BCUT2D eigenvalue weighted by atomic mass is 14.9. The second-order valence-electron chi connectivity index (χ2n) is 10.3. The van der Waals surface area contributed by atoms with E-state index in [-0.39, 0.29) is 0 Å². The molecule has 0 bridgehead atoms. The van der Waals surface area contributed by atoms with Gasteiger partial charge in [-0.1, -0.05) is 127 Å². The summed E-state index contributed by atoms with van der Waals surface area (Å²) in [6.07, 6.45) is 0. The Morgan fingerprint density at radius 3 is 1.54 bits per heavy atom. The molecule has 0 saturated heterocycles. The van der Waals surface area contributed by atoms with E-state index < -0.39 is 0 Å². The maximum absolute atomic E-state index is 4.89. The fourth-order valence-corrected chi connectivity index (χ4v) is 5.53. The first kappa shape index (κ1) is 24.7. The van der Waals surface area contributed by atoms with Gasteiger partial charge in [0.1, 0.15) is 5.82 Å². The molecule has 0 amide bonds. The van der Waals surface area contributed by atoms with Crippen LogP contribution in [0.25, 0.3) is 66.7 Å². The van der Waals surface area contributed by atoms with E-state index in [9.17, 15) is 0 Å². The highest BCUT2D eigenvalue weighted by Crippen LogP contribution is 2.34. The Morgan fingerprint density at radius 2 is 0.878 bits per heavy atom. The minimum absolute atomic E-state index is 0.752. The number of benzene rings is 6. The molecule has 41 heavy (non-hydrogen) atoms. The Bertz CT molecular complexity index is 1910. The molecular weight excluding hydrogens is 496 g/mol. The van der Waals surface area contributed by atoms with Crippen LogP contribution in [0.2, 0.25) is 0 Å². The van der Waals surface area contributed by atoms with Gasteiger partial charge >= 0.3 is 0 Å². The molecule has 0 unspecified atom stereocenters. The molecule has 0 saturated carbocycles. The van der Waals surface area contributed by atoms with E-state index in [0.717, 1.165) is 28.3 Å². The third kappa shape index (κ3) is 5.04. The van der Waals surface area contributed by atoms with E-state index in [1.807, 2.05) is 6.92 Å². The second-order valence-corrected chi connectivity index (χ2v) is 10.3. The van der Waals surface area contributed by atoms with Crippen LogP contribution in [-0.4, -0.2) is 9.97 Å². The molecule has 0 aliphatic rings. The minimum atomic E-state index is 0.752. The van der Waals surface area contributed by atoms with E-state index in [0.29, 0.717) is 0 Å². The summed E-state index contributed by atoms with van der Waals surface area (Å²) in [6, 6.07) is 53.6. The van der Waals surface area contributed by atoms with E-state index >= 15 is 0 Å². The predicted molar refractivity (Wildman–Crippen MR) is 171 cm³/mol. The standard InChI is InChI=1S/C39H28N2/c1-27-40-38(32-21-19-31(20-22-32)37-18-10-16-30-15-8-9-17-36(30)37)26-39(41-27)35-24-33(28-11-4-2-5-12-28)23-34(25-35)29-13-6-3-7-14-29/h2-26H,1H3. The van der Waals surface area contributed by atoms with Crippen LogP contribution in [0.3, 0.4) is 0 Å². The maximum atomic E-state index is 4.89. The van der Waals surface area contributed by atoms with Crippen molar-refractivity contribution in [1.82, 2.24) is 9.97 Å². The van der Waals surface area contributed by atoms with Crippen molar-refractivity contribution in [3.8, 4) is 55.9 Å². The van der Waals surface area contributed by atoms with Crippen LogP contribution in [0.1, 0.15) is 5.82 Å². The molecule has 7 aromatic rings. The second kappa shape index (κ2) is 10.7. The van der Waals surface area contributed by atoms with Gasteiger partial charge in [-0.05, 0) is 75.3 Å². The van der Waals surface area contributed by atoms with Gasteiger partial charge in [0.25, 0.3) is 0 Å². The van der Waals surface area contributed by atoms with Gasteiger partial charge in [0.2, 0.25) is 0 Å². The lowest BCUT2D eigenvalue weighted by molar-refractivity contribution is 1.06. The van der Waals surface area contributed by atoms with Crippen LogP contribution in [0.15, 0.2) is 152 Å². The zero-order chi connectivity index (χ0) is 27.6. The summed E-state index contributed by atoms with van der Waals surface area (Å²) in [7, 11) is 0. The van der Waals surface area contributed by atoms with Crippen molar-refractivity contribution in [2.24, 2.45) is 0 Å². The molecule has 0 spiro atoms. The van der Waals surface area contributed by atoms with Crippen LogP contribution in [0.4, 0.5) is 0 Å². The summed E-state index contributed by atoms with van der Waals surface area (Å²) < 4.78 is 0. The van der Waals surface area contributed by atoms with Crippen molar-refractivity contribution in [3.63, 3.8) is 0 Å². The van der Waals surface area contributed by atoms with Gasteiger partial charge in [-0.25, -0.2) is 9.97 Å². The third-order valence-electron chi connectivity index (χ3n) is 7.56. The quantitative estimate of drug-likeness (QED) is 0.224. The molecule has 0 aliphatic heterocycles. The number of hydrogen-bond acceptors (Lipinski definition) is 2. The number of fused-ring (bicyclic) bond motifs is 1.